The van der Waals surface area contributed by atoms with Crippen molar-refractivity contribution in [3.63, 3.8) is 0 Å². The Hall–Kier alpha value is -2.03. The average molecular weight is 474 g/mol. The summed E-state index contributed by atoms with van der Waals surface area (Å²) in [6.07, 6.45) is -1.44. The number of esters is 1. The topological polar surface area (TPSA) is 101 Å². The number of hydrogen-bond acceptors (Lipinski definition) is 5. The Morgan fingerprint density at radius 3 is 2.04 bits per heavy atom. The molecule has 1 atom stereocenters. The van der Waals surface area contributed by atoms with Crippen LogP contribution in [0, 0.1) is 0 Å². The molecule has 0 aliphatic heterocycles. The molecule has 25 heavy (non-hydrogen) atoms. The Labute approximate surface area is 160 Å². The lowest BCUT2D eigenvalue weighted by Gasteiger charge is -2.04. The summed E-state index contributed by atoms with van der Waals surface area (Å²) in [7, 11) is 1.18. The van der Waals surface area contributed by atoms with Crippen molar-refractivity contribution in [1.82, 2.24) is 0 Å². The highest BCUT2D eigenvalue weighted by molar-refractivity contribution is 9.10. The van der Waals surface area contributed by atoms with Crippen molar-refractivity contribution in [3.8, 4) is 0 Å². The number of carboxylic acids is 1. The number of ether oxygens (including phenoxy) is 1. The smallest absolute Gasteiger partial charge is 0.379 e. The van der Waals surface area contributed by atoms with Crippen molar-refractivity contribution in [2.24, 2.45) is 0 Å². The Morgan fingerprint density at radius 2 is 1.56 bits per heavy atom. The number of methoxy groups -OCH3 is 1. The average Bonchev–Trinajstić information content (AvgIpc) is 2.60. The Kier molecular flexibility index (Phi) is 8.47. The van der Waals surface area contributed by atoms with Crippen LogP contribution in [-0.2, 0) is 14.3 Å². The van der Waals surface area contributed by atoms with E-state index >= 15 is 0 Å². The fourth-order valence-electron chi connectivity index (χ4n) is 1.66. The van der Waals surface area contributed by atoms with Gasteiger partial charge in [0.15, 0.2) is 6.10 Å². The van der Waals surface area contributed by atoms with Crippen LogP contribution in [0.4, 0.5) is 0 Å². The second kappa shape index (κ2) is 10.1. The number of aliphatic carboxylic acids is 1. The summed E-state index contributed by atoms with van der Waals surface area (Å²) in [6, 6.07) is 13.1. The number of rotatable bonds is 4. The van der Waals surface area contributed by atoms with Gasteiger partial charge in [-0.2, -0.15) is 0 Å². The zero-order chi connectivity index (χ0) is 19.0. The zero-order valence-electron chi connectivity index (χ0n) is 13.0. The van der Waals surface area contributed by atoms with Crippen molar-refractivity contribution < 1.29 is 29.3 Å². The Morgan fingerprint density at radius 1 is 1.00 bits per heavy atom. The quantitative estimate of drug-likeness (QED) is 0.401. The summed E-state index contributed by atoms with van der Waals surface area (Å²) in [5.41, 5.74) is 0.693. The summed E-state index contributed by atoms with van der Waals surface area (Å²) in [5.74, 6) is -2.73. The van der Waals surface area contributed by atoms with Crippen LogP contribution < -0.4 is 0 Å². The third kappa shape index (κ3) is 6.77. The van der Waals surface area contributed by atoms with Crippen LogP contribution in [0.25, 0.3) is 0 Å². The molecule has 0 amide bonds. The third-order valence-electron chi connectivity index (χ3n) is 2.86. The normalized spacial score (nSPS) is 10.9. The van der Waals surface area contributed by atoms with E-state index in [1.807, 2.05) is 0 Å². The first kappa shape index (κ1) is 21.0. The van der Waals surface area contributed by atoms with Crippen molar-refractivity contribution in [3.05, 3.63) is 68.6 Å². The molecule has 8 heteroatoms. The molecule has 2 rings (SSSR count). The summed E-state index contributed by atoms with van der Waals surface area (Å²) < 4.78 is 5.80. The molecular weight excluding hydrogens is 460 g/mol. The molecule has 0 bridgehead atoms. The van der Waals surface area contributed by atoms with Crippen LogP contribution >= 0.6 is 31.9 Å². The van der Waals surface area contributed by atoms with Crippen LogP contribution in [0.15, 0.2) is 57.5 Å². The summed E-state index contributed by atoms with van der Waals surface area (Å²) >= 11 is 6.37. The maximum absolute atomic E-state index is 11.2. The monoisotopic (exact) mass is 472 g/mol. The highest BCUT2D eigenvalue weighted by Crippen LogP contribution is 2.18. The van der Waals surface area contributed by atoms with E-state index in [1.54, 1.807) is 48.5 Å². The number of hydrogen-bond donors (Lipinski definition) is 2. The molecular formula is C17H14Br2O6. The molecule has 2 aromatic rings. The molecule has 0 saturated heterocycles. The highest BCUT2D eigenvalue weighted by Gasteiger charge is 2.16. The van der Waals surface area contributed by atoms with E-state index in [-0.39, 0.29) is 0 Å². The molecule has 132 valence electrons. The summed E-state index contributed by atoms with van der Waals surface area (Å²) in [5, 5.41) is 17.6. The molecule has 0 aliphatic rings. The maximum Gasteiger partial charge on any atom is 0.379 e. The van der Waals surface area contributed by atoms with Crippen molar-refractivity contribution in [1.29, 1.82) is 0 Å². The number of carbonyl (C=O) groups excluding carboxylic acids is 2. The Balaban J connectivity index is 0.000000251. The first-order valence-corrected chi connectivity index (χ1v) is 8.39. The summed E-state index contributed by atoms with van der Waals surface area (Å²) in [4.78, 5) is 32.4. The van der Waals surface area contributed by atoms with Crippen LogP contribution in [0.5, 0.6) is 0 Å². The van der Waals surface area contributed by atoms with Crippen molar-refractivity contribution in [2.75, 3.05) is 7.11 Å². The molecule has 0 saturated carbocycles. The van der Waals surface area contributed by atoms with Gasteiger partial charge in [0, 0.05) is 14.5 Å². The van der Waals surface area contributed by atoms with Gasteiger partial charge in [0.25, 0.3) is 5.78 Å². The highest BCUT2D eigenvalue weighted by atomic mass is 79.9. The molecule has 1 unspecified atom stereocenters. The van der Waals surface area contributed by atoms with Crippen molar-refractivity contribution in [2.45, 2.75) is 6.10 Å². The first-order valence-electron chi connectivity index (χ1n) is 6.80. The van der Waals surface area contributed by atoms with E-state index < -0.39 is 23.8 Å². The van der Waals surface area contributed by atoms with Crippen molar-refractivity contribution >= 4 is 49.6 Å². The lowest BCUT2D eigenvalue weighted by atomic mass is 10.1. The minimum Gasteiger partial charge on any atom is -0.479 e. The standard InChI is InChI=1S/C9H7BrO3.C8H7BrO3/c1-13-9(12)8(11)6-3-2-4-7(10)5-6;9-6-3-1-2-5(4-6)7(10)8(11)12/h2-5H,1H3;1-4,7,10H,(H,11,12). The van der Waals surface area contributed by atoms with Gasteiger partial charge >= 0.3 is 11.9 Å². The maximum atomic E-state index is 11.2. The molecule has 2 aromatic carbocycles. The summed E-state index contributed by atoms with van der Waals surface area (Å²) in [6.45, 7) is 0. The van der Waals surface area contributed by atoms with Gasteiger partial charge in [0.2, 0.25) is 0 Å². The zero-order valence-corrected chi connectivity index (χ0v) is 16.2. The molecule has 2 N–H and O–H groups in total. The second-order valence-corrected chi connectivity index (χ2v) is 6.46. The lowest BCUT2D eigenvalue weighted by molar-refractivity contribution is -0.147. The van der Waals surface area contributed by atoms with Gasteiger partial charge in [-0.3, -0.25) is 4.79 Å². The molecule has 6 nitrogen and oxygen atoms in total. The van der Waals surface area contributed by atoms with Gasteiger partial charge in [0.1, 0.15) is 0 Å². The van der Waals surface area contributed by atoms with Crippen LogP contribution in [-0.4, -0.2) is 35.0 Å². The second-order valence-electron chi connectivity index (χ2n) is 4.63. The number of aliphatic hydroxyl groups is 1. The van der Waals surface area contributed by atoms with E-state index in [2.05, 4.69) is 36.6 Å². The lowest BCUT2D eigenvalue weighted by Crippen LogP contribution is -2.15. The number of ketones is 1. The fourth-order valence-corrected chi connectivity index (χ4v) is 2.48. The van der Waals surface area contributed by atoms with Gasteiger partial charge in [-0.1, -0.05) is 56.1 Å². The van der Waals surface area contributed by atoms with E-state index in [0.717, 1.165) is 8.95 Å². The van der Waals surface area contributed by atoms with Gasteiger partial charge in [0.05, 0.1) is 7.11 Å². The Bertz CT molecular complexity index is 775. The van der Waals surface area contributed by atoms with Gasteiger partial charge < -0.3 is 14.9 Å². The van der Waals surface area contributed by atoms with E-state index in [4.69, 9.17) is 10.2 Å². The van der Waals surface area contributed by atoms with Gasteiger partial charge in [-0.15, -0.1) is 0 Å². The number of Topliss-reactive ketones (excluding diaryl/α,β-unsaturated/α-hetero) is 1. The predicted molar refractivity (Wildman–Crippen MR) is 97.2 cm³/mol. The van der Waals surface area contributed by atoms with Crippen LogP contribution in [0.1, 0.15) is 22.0 Å². The molecule has 0 radical (unpaired) electrons. The molecule has 0 aromatic heterocycles. The van der Waals surface area contributed by atoms with Crippen LogP contribution in [0.3, 0.4) is 0 Å². The number of aliphatic hydroxyl groups excluding tert-OH is 1. The van der Waals surface area contributed by atoms with Crippen LogP contribution in [0.2, 0.25) is 0 Å². The number of benzene rings is 2. The SMILES string of the molecule is COC(=O)C(=O)c1cccc(Br)c1.O=C(O)C(O)c1cccc(Br)c1. The first-order chi connectivity index (χ1) is 11.8. The van der Waals surface area contributed by atoms with E-state index in [1.165, 1.54) is 7.11 Å². The van der Waals surface area contributed by atoms with Gasteiger partial charge in [-0.25, -0.2) is 9.59 Å². The molecule has 0 fully saturated rings. The third-order valence-corrected chi connectivity index (χ3v) is 3.84. The number of carbonyl (C=O) groups is 3. The largest absolute Gasteiger partial charge is 0.479 e. The van der Waals surface area contributed by atoms with E-state index in [0.29, 0.717) is 11.1 Å². The minimum atomic E-state index is -1.44. The molecule has 0 aliphatic carbocycles. The fraction of sp³-hybridized carbons (Fsp3) is 0.118. The number of halogens is 2. The molecule has 0 heterocycles. The van der Waals surface area contributed by atoms with E-state index in [9.17, 15) is 14.4 Å². The molecule has 0 spiro atoms. The number of carboxylic acid groups (broad SMARTS) is 1. The predicted octanol–water partition coefficient (Wildman–Crippen LogP) is 3.37. The van der Waals surface area contributed by atoms with Gasteiger partial charge in [-0.05, 0) is 29.8 Å². The minimum absolute atomic E-state index is 0.321.